The molecule has 0 radical (unpaired) electrons. The summed E-state index contributed by atoms with van der Waals surface area (Å²) in [4.78, 5) is 4.31. The lowest BCUT2D eigenvalue weighted by atomic mass is 10.1. The van der Waals surface area contributed by atoms with Gasteiger partial charge < -0.3 is 11.1 Å². The van der Waals surface area contributed by atoms with Crippen molar-refractivity contribution < 1.29 is 0 Å². The first-order valence-electron chi connectivity index (χ1n) is 6.81. The monoisotopic (exact) mass is 253 g/mol. The van der Waals surface area contributed by atoms with E-state index in [1.165, 1.54) is 12.0 Å². The first-order chi connectivity index (χ1) is 9.33. The van der Waals surface area contributed by atoms with E-state index in [1.807, 2.05) is 12.1 Å². The lowest BCUT2D eigenvalue weighted by Crippen LogP contribution is -2.21. The van der Waals surface area contributed by atoms with Crippen LogP contribution < -0.4 is 11.1 Å². The van der Waals surface area contributed by atoms with E-state index in [4.69, 9.17) is 5.73 Å². The molecule has 1 aromatic carbocycles. The topological polar surface area (TPSA) is 50.9 Å². The van der Waals surface area contributed by atoms with Crippen LogP contribution >= 0.6 is 0 Å². The Balaban J connectivity index is 1.44. The third kappa shape index (κ3) is 3.12. The number of rotatable bonds is 5. The number of nitrogens with two attached hydrogens (primary N) is 1. The first kappa shape index (κ1) is 12.2. The molecular weight excluding hydrogens is 234 g/mol. The summed E-state index contributed by atoms with van der Waals surface area (Å²) in [5, 5.41) is 3.60. The molecule has 1 aliphatic carbocycles. The van der Waals surface area contributed by atoms with Crippen molar-refractivity contribution in [1.82, 2.24) is 10.3 Å². The van der Waals surface area contributed by atoms with Crippen LogP contribution in [0, 0.1) is 0 Å². The molecule has 3 rings (SSSR count). The van der Waals surface area contributed by atoms with Crippen molar-refractivity contribution in [3.63, 3.8) is 0 Å². The Bertz CT molecular complexity index is 521. The van der Waals surface area contributed by atoms with Crippen LogP contribution in [-0.4, -0.2) is 17.6 Å². The van der Waals surface area contributed by atoms with Gasteiger partial charge in [0.05, 0.1) is 11.9 Å². The summed E-state index contributed by atoms with van der Waals surface area (Å²) in [6.07, 6.45) is 3.93. The van der Waals surface area contributed by atoms with Gasteiger partial charge in [-0.2, -0.15) is 0 Å². The van der Waals surface area contributed by atoms with E-state index >= 15 is 0 Å². The quantitative estimate of drug-likeness (QED) is 0.860. The van der Waals surface area contributed by atoms with E-state index in [9.17, 15) is 0 Å². The van der Waals surface area contributed by atoms with Gasteiger partial charge in [0.15, 0.2) is 0 Å². The molecule has 1 aromatic heterocycles. The molecule has 0 saturated heterocycles. The van der Waals surface area contributed by atoms with Crippen LogP contribution in [0.2, 0.25) is 0 Å². The fraction of sp³-hybridized carbons (Fsp3) is 0.312. The molecule has 2 aromatic rings. The van der Waals surface area contributed by atoms with Crippen molar-refractivity contribution in [3.8, 4) is 0 Å². The maximum atomic E-state index is 5.62. The minimum atomic E-state index is 0.635. The summed E-state index contributed by atoms with van der Waals surface area (Å²) in [6.45, 7) is 0.977. The fourth-order valence-electron chi connectivity index (χ4n) is 2.46. The minimum absolute atomic E-state index is 0.635. The summed E-state index contributed by atoms with van der Waals surface area (Å²) in [6, 6.07) is 15.3. The van der Waals surface area contributed by atoms with Gasteiger partial charge in [-0.1, -0.05) is 30.3 Å². The van der Waals surface area contributed by atoms with E-state index in [2.05, 4.69) is 40.6 Å². The molecule has 19 heavy (non-hydrogen) atoms. The van der Waals surface area contributed by atoms with Crippen LogP contribution in [0.3, 0.4) is 0 Å². The number of hydrogen-bond donors (Lipinski definition) is 2. The lowest BCUT2D eigenvalue weighted by molar-refractivity contribution is 0.662. The van der Waals surface area contributed by atoms with Crippen molar-refractivity contribution in [1.29, 1.82) is 0 Å². The van der Waals surface area contributed by atoms with E-state index in [0.717, 1.165) is 24.3 Å². The highest BCUT2D eigenvalue weighted by molar-refractivity contribution is 5.34. The highest BCUT2D eigenvalue weighted by Crippen LogP contribution is 2.40. The van der Waals surface area contributed by atoms with Gasteiger partial charge in [-0.3, -0.25) is 4.98 Å². The molecule has 1 heterocycles. The molecule has 0 aliphatic heterocycles. The number of pyridine rings is 1. The van der Waals surface area contributed by atoms with Gasteiger partial charge in [-0.15, -0.1) is 0 Å². The van der Waals surface area contributed by atoms with Crippen molar-refractivity contribution in [2.45, 2.75) is 24.8 Å². The summed E-state index contributed by atoms with van der Waals surface area (Å²) in [7, 11) is 0. The van der Waals surface area contributed by atoms with Gasteiger partial charge in [0, 0.05) is 30.6 Å². The van der Waals surface area contributed by atoms with Crippen LogP contribution in [0.5, 0.6) is 0 Å². The fourth-order valence-corrected chi connectivity index (χ4v) is 2.46. The third-order valence-electron chi connectivity index (χ3n) is 3.65. The number of anilines is 1. The normalized spacial score (nSPS) is 21.3. The van der Waals surface area contributed by atoms with E-state index in [0.29, 0.717) is 12.0 Å². The van der Waals surface area contributed by atoms with Crippen molar-refractivity contribution in [2.24, 2.45) is 0 Å². The summed E-state index contributed by atoms with van der Waals surface area (Å²) >= 11 is 0. The number of benzene rings is 1. The minimum Gasteiger partial charge on any atom is -0.397 e. The Morgan fingerprint density at radius 2 is 2.00 bits per heavy atom. The molecular formula is C16H19N3. The number of nitrogens with one attached hydrogen (secondary N) is 1. The largest absolute Gasteiger partial charge is 0.397 e. The predicted octanol–water partition coefficient (Wildman–Crippen LogP) is 2.35. The Labute approximate surface area is 113 Å². The van der Waals surface area contributed by atoms with Crippen LogP contribution in [0.15, 0.2) is 48.7 Å². The standard InChI is InChI=1S/C16H19N3/c17-13-6-7-14(19-11-13)8-9-18-16-10-15(16)12-4-2-1-3-5-12/h1-7,11,15-16,18H,8-10,17H2. The van der Waals surface area contributed by atoms with Gasteiger partial charge >= 0.3 is 0 Å². The average molecular weight is 253 g/mol. The van der Waals surface area contributed by atoms with Gasteiger partial charge in [0.1, 0.15) is 0 Å². The number of hydrogen-bond acceptors (Lipinski definition) is 3. The van der Waals surface area contributed by atoms with Crippen LogP contribution in [0.25, 0.3) is 0 Å². The van der Waals surface area contributed by atoms with Crippen LogP contribution in [0.1, 0.15) is 23.6 Å². The summed E-state index contributed by atoms with van der Waals surface area (Å²) in [5.74, 6) is 0.695. The molecule has 3 N–H and O–H groups in total. The summed E-state index contributed by atoms with van der Waals surface area (Å²) in [5.41, 5.74) is 8.89. The zero-order valence-corrected chi connectivity index (χ0v) is 10.9. The van der Waals surface area contributed by atoms with Crippen molar-refractivity contribution in [2.75, 3.05) is 12.3 Å². The molecule has 0 bridgehead atoms. The molecule has 3 heteroatoms. The second kappa shape index (κ2) is 5.41. The second-order valence-corrected chi connectivity index (χ2v) is 5.15. The Kier molecular flexibility index (Phi) is 3.47. The smallest absolute Gasteiger partial charge is 0.0501 e. The Morgan fingerprint density at radius 1 is 1.16 bits per heavy atom. The summed E-state index contributed by atoms with van der Waals surface area (Å²) < 4.78 is 0. The molecule has 3 nitrogen and oxygen atoms in total. The third-order valence-corrected chi connectivity index (χ3v) is 3.65. The first-order valence-corrected chi connectivity index (χ1v) is 6.81. The van der Waals surface area contributed by atoms with Crippen molar-refractivity contribution in [3.05, 3.63) is 59.9 Å². The number of nitrogens with zero attached hydrogens (tertiary/aromatic N) is 1. The second-order valence-electron chi connectivity index (χ2n) is 5.15. The molecule has 1 aliphatic rings. The maximum Gasteiger partial charge on any atom is 0.0501 e. The SMILES string of the molecule is Nc1ccc(CCNC2CC2c2ccccc2)nc1. The maximum absolute atomic E-state index is 5.62. The molecule has 1 saturated carbocycles. The number of nitrogen functional groups attached to an aromatic ring is 1. The Morgan fingerprint density at radius 3 is 2.74 bits per heavy atom. The van der Waals surface area contributed by atoms with Gasteiger partial charge in [-0.05, 0) is 24.1 Å². The Hall–Kier alpha value is -1.87. The molecule has 2 unspecified atom stereocenters. The highest BCUT2D eigenvalue weighted by Gasteiger charge is 2.37. The van der Waals surface area contributed by atoms with Gasteiger partial charge in [0.25, 0.3) is 0 Å². The average Bonchev–Trinajstić information content (AvgIpc) is 3.22. The van der Waals surface area contributed by atoms with Gasteiger partial charge in [0.2, 0.25) is 0 Å². The van der Waals surface area contributed by atoms with Crippen LogP contribution in [0.4, 0.5) is 5.69 Å². The molecule has 98 valence electrons. The van der Waals surface area contributed by atoms with Gasteiger partial charge in [-0.25, -0.2) is 0 Å². The lowest BCUT2D eigenvalue weighted by Gasteiger charge is -2.04. The molecule has 0 spiro atoms. The predicted molar refractivity (Wildman–Crippen MR) is 77.9 cm³/mol. The highest BCUT2D eigenvalue weighted by atomic mass is 15.0. The van der Waals surface area contributed by atoms with Crippen molar-refractivity contribution >= 4 is 5.69 Å². The molecule has 0 amide bonds. The molecule has 2 atom stereocenters. The van der Waals surface area contributed by atoms with E-state index in [1.54, 1.807) is 6.20 Å². The zero-order chi connectivity index (χ0) is 13.1. The van der Waals surface area contributed by atoms with E-state index < -0.39 is 0 Å². The molecule has 1 fully saturated rings. The van der Waals surface area contributed by atoms with E-state index in [-0.39, 0.29) is 0 Å². The number of aromatic nitrogens is 1. The zero-order valence-electron chi connectivity index (χ0n) is 10.9. The van der Waals surface area contributed by atoms with Crippen LogP contribution in [-0.2, 0) is 6.42 Å².